The minimum atomic E-state index is -0.892. The topological polar surface area (TPSA) is 148 Å². The van der Waals surface area contributed by atoms with Crippen LogP contribution in [-0.4, -0.2) is 45.7 Å². The fraction of sp³-hybridized carbons (Fsp3) is 0.462. The predicted octanol–water partition coefficient (Wildman–Crippen LogP) is 3.57. The van der Waals surface area contributed by atoms with Crippen molar-refractivity contribution in [3.05, 3.63) is 52.4 Å². The fourth-order valence-electron chi connectivity index (χ4n) is 4.46. The van der Waals surface area contributed by atoms with Crippen molar-refractivity contribution >= 4 is 28.4 Å². The highest BCUT2D eigenvalue weighted by Gasteiger charge is 2.43. The van der Waals surface area contributed by atoms with Crippen LogP contribution in [0.15, 0.2) is 41.3 Å². The van der Waals surface area contributed by atoms with E-state index in [1.165, 1.54) is 6.20 Å². The largest absolute Gasteiger partial charge is 0.458 e. The number of ether oxygens (including phenoxy) is 2. The van der Waals surface area contributed by atoms with E-state index in [1.54, 1.807) is 55.8 Å². The second-order valence-corrected chi connectivity index (χ2v) is 10.3. The minimum Gasteiger partial charge on any atom is -0.458 e. The third-order valence-electron chi connectivity index (χ3n) is 6.32. The van der Waals surface area contributed by atoms with Crippen molar-refractivity contribution in [2.75, 3.05) is 18.6 Å². The number of hydrogen-bond acceptors (Lipinski definition) is 8. The van der Waals surface area contributed by atoms with Gasteiger partial charge in [-0.15, -0.1) is 0 Å². The quantitative estimate of drug-likeness (QED) is 0.409. The Kier molecular flexibility index (Phi) is 7.34. The molecule has 0 unspecified atom stereocenters. The zero-order chi connectivity index (χ0) is 26.8. The Morgan fingerprint density at radius 3 is 2.73 bits per heavy atom. The highest BCUT2D eigenvalue weighted by molar-refractivity contribution is 5.91. The summed E-state index contributed by atoms with van der Waals surface area (Å²) in [5, 5.41) is 17.9. The summed E-state index contributed by atoms with van der Waals surface area (Å²) in [5.41, 5.74) is 5.67. The molecule has 1 aliphatic rings. The molecule has 0 aliphatic carbocycles. The number of fused-ring (bicyclic) bond motifs is 1. The molecule has 1 aromatic carbocycles. The van der Waals surface area contributed by atoms with Gasteiger partial charge in [0.15, 0.2) is 11.9 Å². The summed E-state index contributed by atoms with van der Waals surface area (Å²) in [7, 11) is 0. The van der Waals surface area contributed by atoms with Crippen LogP contribution in [0.5, 0.6) is 0 Å². The lowest BCUT2D eigenvalue weighted by molar-refractivity contribution is -0.176. The van der Waals surface area contributed by atoms with Crippen molar-refractivity contribution in [2.24, 2.45) is 5.73 Å². The lowest BCUT2D eigenvalue weighted by Gasteiger charge is -2.39. The Hall–Kier alpha value is -3.75. The van der Waals surface area contributed by atoms with Crippen LogP contribution >= 0.6 is 0 Å². The number of nitriles is 1. The van der Waals surface area contributed by atoms with E-state index in [0.29, 0.717) is 40.8 Å². The van der Waals surface area contributed by atoms with Gasteiger partial charge in [0.2, 0.25) is 0 Å². The number of nitrogens with zero attached hydrogens (tertiary/aromatic N) is 3. The van der Waals surface area contributed by atoms with Gasteiger partial charge in [0.1, 0.15) is 17.7 Å². The maximum atomic E-state index is 12.9. The third-order valence-corrected chi connectivity index (χ3v) is 6.32. The van der Waals surface area contributed by atoms with Gasteiger partial charge in [-0.1, -0.05) is 12.1 Å². The molecule has 10 nitrogen and oxygen atoms in total. The molecule has 0 saturated carbocycles. The molecule has 3 atom stereocenters. The van der Waals surface area contributed by atoms with Gasteiger partial charge in [-0.3, -0.25) is 9.48 Å². The molecule has 0 bridgehead atoms. The Bertz CT molecular complexity index is 1360. The molecule has 3 heterocycles. The molecule has 1 saturated heterocycles. The Labute approximate surface area is 213 Å². The van der Waals surface area contributed by atoms with Gasteiger partial charge in [-0.05, 0) is 57.4 Å². The van der Waals surface area contributed by atoms with E-state index in [2.05, 4.69) is 16.4 Å². The normalized spacial score (nSPS) is 20.8. The van der Waals surface area contributed by atoms with E-state index < -0.39 is 35.9 Å². The van der Waals surface area contributed by atoms with Crippen LogP contribution in [-0.2, 0) is 19.8 Å². The van der Waals surface area contributed by atoms with E-state index in [-0.39, 0.29) is 18.6 Å². The molecule has 4 rings (SSSR count). The van der Waals surface area contributed by atoms with Crippen molar-refractivity contribution < 1.29 is 18.7 Å². The number of pyridine rings is 1. The number of aromatic amines is 1. The molecule has 0 radical (unpaired) electrons. The summed E-state index contributed by atoms with van der Waals surface area (Å²) >= 11 is 0. The number of halogens is 1. The summed E-state index contributed by atoms with van der Waals surface area (Å²) in [4.78, 5) is 28.1. The van der Waals surface area contributed by atoms with Crippen molar-refractivity contribution in [1.82, 2.24) is 14.8 Å². The monoisotopic (exact) mass is 510 g/mol. The number of rotatable bonds is 7. The molecule has 0 amide bonds. The van der Waals surface area contributed by atoms with Crippen molar-refractivity contribution in [3.63, 3.8) is 0 Å². The molecule has 4 N–H and O–H groups in total. The molecule has 2 aromatic heterocycles. The number of hydrogen-bond donors (Lipinski definition) is 3. The molecule has 37 heavy (non-hydrogen) atoms. The van der Waals surface area contributed by atoms with Crippen LogP contribution in [0.1, 0.15) is 51.6 Å². The van der Waals surface area contributed by atoms with E-state index >= 15 is 0 Å². The Morgan fingerprint density at radius 2 is 2.14 bits per heavy atom. The number of esters is 1. The molecular weight excluding hydrogens is 479 g/mol. The zero-order valence-electron chi connectivity index (χ0n) is 21.1. The first-order valence-electron chi connectivity index (χ1n) is 12.1. The van der Waals surface area contributed by atoms with Gasteiger partial charge >= 0.3 is 5.97 Å². The highest BCUT2D eigenvalue weighted by Crippen LogP contribution is 2.37. The lowest BCUT2D eigenvalue weighted by Crippen LogP contribution is -2.47. The first-order chi connectivity index (χ1) is 17.6. The molecular formula is C26H31FN6O4. The predicted molar refractivity (Wildman–Crippen MR) is 136 cm³/mol. The van der Waals surface area contributed by atoms with Crippen molar-refractivity contribution in [2.45, 2.75) is 63.3 Å². The van der Waals surface area contributed by atoms with Gasteiger partial charge in [0, 0.05) is 11.9 Å². The molecule has 196 valence electrons. The van der Waals surface area contributed by atoms with Crippen LogP contribution in [0.2, 0.25) is 0 Å². The molecule has 0 spiro atoms. The summed E-state index contributed by atoms with van der Waals surface area (Å²) in [6.07, 6.45) is 1.59. The maximum Gasteiger partial charge on any atom is 0.335 e. The molecule has 1 fully saturated rings. The van der Waals surface area contributed by atoms with Gasteiger partial charge in [-0.25, -0.2) is 9.18 Å². The third kappa shape index (κ3) is 5.50. The Morgan fingerprint density at radius 1 is 1.41 bits per heavy atom. The minimum absolute atomic E-state index is 0.0449. The average Bonchev–Trinajstić information content (AvgIpc) is 3.23. The smallest absolute Gasteiger partial charge is 0.335 e. The Balaban J connectivity index is 1.67. The molecule has 3 aromatic rings. The number of carbonyl (C=O) groups excluding carboxylic acids is 1. The van der Waals surface area contributed by atoms with Crippen LogP contribution in [0.4, 0.5) is 15.9 Å². The number of H-pyrrole nitrogens is 1. The van der Waals surface area contributed by atoms with Crippen LogP contribution in [0.3, 0.4) is 0 Å². The number of nitrogens with one attached hydrogen (secondary N) is 2. The number of alkyl halides is 1. The van der Waals surface area contributed by atoms with Crippen LogP contribution in [0, 0.1) is 11.3 Å². The van der Waals surface area contributed by atoms with E-state index in [0.717, 1.165) is 0 Å². The summed E-state index contributed by atoms with van der Waals surface area (Å²) in [5.74, 6) is -0.149. The van der Waals surface area contributed by atoms with E-state index in [1.807, 2.05) is 0 Å². The zero-order valence-corrected chi connectivity index (χ0v) is 21.1. The second-order valence-electron chi connectivity index (χ2n) is 10.3. The lowest BCUT2D eigenvalue weighted by atomic mass is 9.87. The first kappa shape index (κ1) is 26.3. The van der Waals surface area contributed by atoms with Gasteiger partial charge in [-0.2, -0.15) is 10.4 Å². The fourth-order valence-corrected chi connectivity index (χ4v) is 4.46. The van der Waals surface area contributed by atoms with Gasteiger partial charge in [0.05, 0.1) is 36.2 Å². The standard InChI is InChI=1S/C26H31FN6O4/c1-25(2,3)37-24(35)20-8-10-26(11-12-28,15-36-20)33-19-9-13-30-23(34)21(19)22(32-33)31-17-6-4-16(5-7-17)18(29)14-27/h4-7,9,13,18,20H,8,10-11,14-15,29H2,1-3H3,(H,30,34)(H,31,32)/t18-,20-,26+/m1/s1. The van der Waals surface area contributed by atoms with Crippen LogP contribution in [0.25, 0.3) is 10.9 Å². The summed E-state index contributed by atoms with van der Waals surface area (Å²) in [6, 6.07) is 10.1. The number of anilines is 2. The van der Waals surface area contributed by atoms with Gasteiger partial charge in [0.25, 0.3) is 5.56 Å². The highest BCUT2D eigenvalue weighted by atomic mass is 19.1. The molecule has 1 aliphatic heterocycles. The number of aromatic nitrogens is 3. The maximum absolute atomic E-state index is 12.9. The first-order valence-corrected chi connectivity index (χ1v) is 12.1. The molecule has 11 heteroatoms. The van der Waals surface area contributed by atoms with Crippen molar-refractivity contribution in [1.29, 1.82) is 5.26 Å². The van der Waals surface area contributed by atoms with Gasteiger partial charge < -0.3 is 25.5 Å². The summed E-state index contributed by atoms with van der Waals surface area (Å²) < 4.78 is 26.0. The van der Waals surface area contributed by atoms with E-state index in [4.69, 9.17) is 20.3 Å². The SMILES string of the molecule is CC(C)(C)OC(=O)[C@H]1CC[C@@](CC#N)(n2nc(Nc3ccc([C@H](N)CF)cc3)c3c(=O)[nH]ccc32)CO1. The summed E-state index contributed by atoms with van der Waals surface area (Å²) in [6.45, 7) is 4.74. The van der Waals surface area contributed by atoms with Crippen LogP contribution < -0.4 is 16.6 Å². The number of carbonyl (C=O) groups is 1. The number of nitrogens with two attached hydrogens (primary N) is 1. The second kappa shape index (κ2) is 10.3. The van der Waals surface area contributed by atoms with E-state index in [9.17, 15) is 19.2 Å². The number of benzene rings is 1. The van der Waals surface area contributed by atoms with Crippen molar-refractivity contribution in [3.8, 4) is 6.07 Å². The average molecular weight is 511 g/mol.